The molecule has 3 N–H and O–H groups in total. The number of rotatable bonds is 7. The zero-order valence-electron chi connectivity index (χ0n) is 16.1. The molecule has 1 heterocycles. The van der Waals surface area contributed by atoms with Crippen molar-refractivity contribution in [1.29, 1.82) is 0 Å². The van der Waals surface area contributed by atoms with E-state index in [1.54, 1.807) is 25.2 Å². The van der Waals surface area contributed by atoms with Gasteiger partial charge in [0.1, 0.15) is 6.10 Å². The van der Waals surface area contributed by atoms with Crippen LogP contribution >= 0.6 is 0 Å². The molecule has 0 amide bonds. The summed E-state index contributed by atoms with van der Waals surface area (Å²) in [4.78, 5) is 20.8. The maximum Gasteiger partial charge on any atom is 0.309 e. The number of allylic oxidation sites excluding steroid dienone is 2. The van der Waals surface area contributed by atoms with Gasteiger partial charge in [0.05, 0.1) is 18.6 Å². The number of aliphatic hydroxyl groups is 2. The van der Waals surface area contributed by atoms with Crippen molar-refractivity contribution in [3.05, 3.63) is 37.5 Å². The number of hydrogen-bond acceptors (Lipinski definition) is 5. The van der Waals surface area contributed by atoms with Crippen molar-refractivity contribution in [1.82, 2.24) is 0 Å². The normalized spacial score (nSPS) is 22.8. The first-order valence-electron chi connectivity index (χ1n) is 8.90. The molecule has 1 aliphatic heterocycles. The quantitative estimate of drug-likeness (QED) is 0.469. The molecule has 0 aromatic heterocycles. The van der Waals surface area contributed by atoms with Crippen LogP contribution in [0.2, 0.25) is 0 Å². The van der Waals surface area contributed by atoms with Gasteiger partial charge in [0.25, 0.3) is 0 Å². The SMILES string of the molecule is C=CCC.C=CC[C@H]1[C@@H](O)CC(=O)O[C@@H]1/C=C/C(C)O.CCCC(=O)O. The molecule has 26 heavy (non-hydrogen) atoms. The topological polar surface area (TPSA) is 104 Å². The molecule has 6 heteroatoms. The molecule has 0 spiro atoms. The predicted molar refractivity (Wildman–Crippen MR) is 103 cm³/mol. The van der Waals surface area contributed by atoms with E-state index < -0.39 is 30.3 Å². The minimum absolute atomic E-state index is 0.0253. The molecule has 0 radical (unpaired) electrons. The van der Waals surface area contributed by atoms with Gasteiger partial charge in [-0.25, -0.2) is 0 Å². The molecular weight excluding hydrogens is 336 g/mol. The number of hydrogen-bond donors (Lipinski definition) is 3. The van der Waals surface area contributed by atoms with Gasteiger partial charge in [-0.2, -0.15) is 0 Å². The van der Waals surface area contributed by atoms with Crippen molar-refractivity contribution in [2.75, 3.05) is 0 Å². The van der Waals surface area contributed by atoms with E-state index in [4.69, 9.17) is 14.9 Å². The van der Waals surface area contributed by atoms with Gasteiger partial charge in [0, 0.05) is 12.3 Å². The Balaban J connectivity index is 0. The lowest BCUT2D eigenvalue weighted by molar-refractivity contribution is -0.163. The van der Waals surface area contributed by atoms with Crippen LogP contribution in [0.5, 0.6) is 0 Å². The van der Waals surface area contributed by atoms with Crippen LogP contribution in [0.15, 0.2) is 37.5 Å². The van der Waals surface area contributed by atoms with Gasteiger partial charge >= 0.3 is 11.9 Å². The minimum atomic E-state index is -0.711. The van der Waals surface area contributed by atoms with E-state index in [1.807, 2.05) is 13.0 Å². The van der Waals surface area contributed by atoms with Crippen molar-refractivity contribution in [2.24, 2.45) is 5.92 Å². The van der Waals surface area contributed by atoms with E-state index >= 15 is 0 Å². The third-order valence-corrected chi connectivity index (χ3v) is 3.33. The molecule has 0 aromatic carbocycles. The smallest absolute Gasteiger partial charge is 0.309 e. The van der Waals surface area contributed by atoms with Crippen LogP contribution in [0, 0.1) is 5.92 Å². The van der Waals surface area contributed by atoms with E-state index in [-0.39, 0.29) is 12.3 Å². The van der Waals surface area contributed by atoms with Gasteiger partial charge < -0.3 is 20.1 Å². The second-order valence-electron chi connectivity index (χ2n) is 5.88. The van der Waals surface area contributed by atoms with Crippen LogP contribution in [0.3, 0.4) is 0 Å². The summed E-state index contributed by atoms with van der Waals surface area (Å²) in [6.07, 6.45) is 7.66. The second-order valence-corrected chi connectivity index (χ2v) is 5.88. The predicted octanol–water partition coefficient (Wildman–Crippen LogP) is 3.25. The molecule has 1 fully saturated rings. The summed E-state index contributed by atoms with van der Waals surface area (Å²) in [5, 5.41) is 26.8. The van der Waals surface area contributed by atoms with Gasteiger partial charge in [0.2, 0.25) is 0 Å². The highest BCUT2D eigenvalue weighted by atomic mass is 16.5. The minimum Gasteiger partial charge on any atom is -0.481 e. The molecule has 0 aliphatic carbocycles. The number of carboxylic acids is 1. The molecule has 0 aromatic rings. The lowest BCUT2D eigenvalue weighted by atomic mass is 9.88. The van der Waals surface area contributed by atoms with Crippen molar-refractivity contribution in [2.45, 2.75) is 71.2 Å². The van der Waals surface area contributed by atoms with Crippen LogP contribution in [0.1, 0.15) is 52.9 Å². The standard InChI is InChI=1S/C12H18O4.C4H8O2.C4H8/c1-3-4-9-10(14)7-12(15)16-11(9)6-5-8(2)13;1-2-3-4(5)6;1-3-4-2/h3,5-6,8-11,13-14H,1,4,7H2,2H3;2-3H2,1H3,(H,5,6);3H,1,4H2,2H3/b6-5+;;/t8?,9-,10-,11+;;/m0../s1. The maximum absolute atomic E-state index is 11.2. The lowest BCUT2D eigenvalue weighted by Gasteiger charge is -2.32. The Labute approximate surface area is 156 Å². The molecule has 0 bridgehead atoms. The Bertz CT molecular complexity index is 442. The highest BCUT2D eigenvalue weighted by Crippen LogP contribution is 2.26. The van der Waals surface area contributed by atoms with E-state index in [9.17, 15) is 14.7 Å². The number of carboxylic acid groups (broad SMARTS) is 1. The number of aliphatic carboxylic acids is 1. The highest BCUT2D eigenvalue weighted by Gasteiger charge is 2.35. The Kier molecular flexibility index (Phi) is 16.7. The second kappa shape index (κ2) is 16.5. The fourth-order valence-electron chi connectivity index (χ4n) is 1.98. The number of carbonyl (C=O) groups is 2. The van der Waals surface area contributed by atoms with Gasteiger partial charge in [-0.15, -0.1) is 13.2 Å². The van der Waals surface area contributed by atoms with Gasteiger partial charge in [-0.05, 0) is 32.3 Å². The van der Waals surface area contributed by atoms with Gasteiger partial charge in [-0.3, -0.25) is 9.59 Å². The summed E-state index contributed by atoms with van der Waals surface area (Å²) < 4.78 is 5.13. The fourth-order valence-corrected chi connectivity index (χ4v) is 1.98. The van der Waals surface area contributed by atoms with Gasteiger partial charge in [0.15, 0.2) is 0 Å². The average molecular weight is 370 g/mol. The summed E-state index contributed by atoms with van der Waals surface area (Å²) >= 11 is 0. The number of ether oxygens (including phenoxy) is 1. The molecular formula is C20H34O6. The number of cyclic esters (lactones) is 1. The number of esters is 1. The third-order valence-electron chi connectivity index (χ3n) is 3.33. The first kappa shape index (κ1) is 26.3. The summed E-state index contributed by atoms with van der Waals surface area (Å²) in [6.45, 7) is 12.6. The zero-order valence-corrected chi connectivity index (χ0v) is 16.1. The third kappa shape index (κ3) is 14.4. The first-order chi connectivity index (χ1) is 12.2. The Morgan fingerprint density at radius 2 is 1.92 bits per heavy atom. The first-order valence-corrected chi connectivity index (χ1v) is 8.90. The van der Waals surface area contributed by atoms with Crippen molar-refractivity contribution in [3.8, 4) is 0 Å². The molecule has 1 unspecified atom stereocenters. The van der Waals surface area contributed by atoms with E-state index in [0.29, 0.717) is 12.8 Å². The van der Waals surface area contributed by atoms with Crippen LogP contribution in [0.4, 0.5) is 0 Å². The molecule has 150 valence electrons. The zero-order chi connectivity index (χ0) is 20.5. The highest BCUT2D eigenvalue weighted by molar-refractivity contribution is 5.71. The van der Waals surface area contributed by atoms with E-state index in [1.165, 1.54) is 0 Å². The molecule has 1 aliphatic rings. The van der Waals surface area contributed by atoms with Crippen LogP contribution in [-0.2, 0) is 14.3 Å². The van der Waals surface area contributed by atoms with Crippen molar-refractivity contribution < 1.29 is 29.6 Å². The monoisotopic (exact) mass is 370 g/mol. The molecule has 1 saturated heterocycles. The maximum atomic E-state index is 11.2. The lowest BCUT2D eigenvalue weighted by Crippen LogP contribution is -2.41. The van der Waals surface area contributed by atoms with Crippen molar-refractivity contribution >= 4 is 11.9 Å². The average Bonchev–Trinajstić information content (AvgIpc) is 2.56. The van der Waals surface area contributed by atoms with Gasteiger partial charge in [-0.1, -0.05) is 32.1 Å². The molecule has 0 saturated carbocycles. The Morgan fingerprint density at radius 1 is 1.35 bits per heavy atom. The largest absolute Gasteiger partial charge is 0.481 e. The van der Waals surface area contributed by atoms with E-state index in [0.717, 1.165) is 12.8 Å². The van der Waals surface area contributed by atoms with Crippen LogP contribution < -0.4 is 0 Å². The summed E-state index contributed by atoms with van der Waals surface area (Å²) in [6, 6.07) is 0. The molecule has 6 nitrogen and oxygen atoms in total. The Hall–Kier alpha value is -1.92. The summed E-state index contributed by atoms with van der Waals surface area (Å²) in [7, 11) is 0. The summed E-state index contributed by atoms with van der Waals surface area (Å²) in [5.74, 6) is -1.30. The summed E-state index contributed by atoms with van der Waals surface area (Å²) in [5.41, 5.74) is 0. The molecule has 1 rings (SSSR count). The van der Waals surface area contributed by atoms with Crippen LogP contribution in [-0.4, -0.2) is 45.6 Å². The number of aliphatic hydroxyl groups excluding tert-OH is 2. The van der Waals surface area contributed by atoms with Crippen LogP contribution in [0.25, 0.3) is 0 Å². The van der Waals surface area contributed by atoms with Crippen molar-refractivity contribution in [3.63, 3.8) is 0 Å². The number of carbonyl (C=O) groups excluding carboxylic acids is 1. The fraction of sp³-hybridized carbons (Fsp3) is 0.600. The molecule has 4 atom stereocenters. The van der Waals surface area contributed by atoms with E-state index in [2.05, 4.69) is 20.1 Å². The Morgan fingerprint density at radius 3 is 2.27 bits per heavy atom.